The molecule has 1 amide bonds. The SMILES string of the molecule is Cn1ccnc1[C@H](NC(=O)c1cncc(O)c1)C1CCOCC1. The van der Waals surface area contributed by atoms with Crippen LogP contribution in [0.2, 0.25) is 0 Å². The second-order valence-corrected chi connectivity index (χ2v) is 5.73. The molecule has 122 valence electrons. The molecule has 23 heavy (non-hydrogen) atoms. The maximum atomic E-state index is 12.5. The first-order valence-electron chi connectivity index (χ1n) is 7.65. The summed E-state index contributed by atoms with van der Waals surface area (Å²) in [5, 5.41) is 12.5. The van der Waals surface area contributed by atoms with Crippen molar-refractivity contribution < 1.29 is 14.6 Å². The monoisotopic (exact) mass is 316 g/mol. The van der Waals surface area contributed by atoms with Crippen molar-refractivity contribution in [2.45, 2.75) is 18.9 Å². The van der Waals surface area contributed by atoms with Crippen LogP contribution in [0.1, 0.15) is 35.1 Å². The first kappa shape index (κ1) is 15.5. The van der Waals surface area contributed by atoms with Gasteiger partial charge in [-0.15, -0.1) is 0 Å². The highest BCUT2D eigenvalue weighted by Gasteiger charge is 2.30. The van der Waals surface area contributed by atoms with Gasteiger partial charge in [-0.25, -0.2) is 4.98 Å². The molecule has 0 saturated carbocycles. The van der Waals surface area contributed by atoms with E-state index in [4.69, 9.17) is 4.74 Å². The van der Waals surface area contributed by atoms with Crippen molar-refractivity contribution in [1.29, 1.82) is 0 Å². The first-order chi connectivity index (χ1) is 11.1. The molecule has 1 atom stereocenters. The van der Waals surface area contributed by atoms with Gasteiger partial charge in [-0.05, 0) is 24.8 Å². The van der Waals surface area contributed by atoms with Crippen LogP contribution < -0.4 is 5.32 Å². The molecule has 0 aliphatic carbocycles. The van der Waals surface area contributed by atoms with E-state index in [-0.39, 0.29) is 23.6 Å². The summed E-state index contributed by atoms with van der Waals surface area (Å²) in [7, 11) is 1.91. The molecule has 1 aliphatic heterocycles. The summed E-state index contributed by atoms with van der Waals surface area (Å²) in [6.07, 6.45) is 8.07. The Bertz CT molecular complexity index is 679. The van der Waals surface area contributed by atoms with E-state index in [2.05, 4.69) is 15.3 Å². The number of ether oxygens (including phenoxy) is 1. The van der Waals surface area contributed by atoms with E-state index in [9.17, 15) is 9.90 Å². The molecule has 1 aliphatic rings. The quantitative estimate of drug-likeness (QED) is 0.890. The number of aromatic hydroxyl groups is 1. The Labute approximate surface area is 134 Å². The number of pyridine rings is 1. The van der Waals surface area contributed by atoms with Crippen LogP contribution in [0.5, 0.6) is 5.75 Å². The molecule has 0 aromatic carbocycles. The Morgan fingerprint density at radius 1 is 1.43 bits per heavy atom. The number of imidazole rings is 1. The second-order valence-electron chi connectivity index (χ2n) is 5.73. The second kappa shape index (κ2) is 6.78. The number of nitrogens with zero attached hydrogens (tertiary/aromatic N) is 3. The van der Waals surface area contributed by atoms with Crippen molar-refractivity contribution in [2.75, 3.05) is 13.2 Å². The van der Waals surface area contributed by atoms with Gasteiger partial charge in [0.25, 0.3) is 5.91 Å². The number of aryl methyl sites for hydroxylation is 1. The fraction of sp³-hybridized carbons (Fsp3) is 0.438. The van der Waals surface area contributed by atoms with Gasteiger partial charge in [-0.2, -0.15) is 0 Å². The molecule has 3 rings (SSSR count). The Kier molecular flexibility index (Phi) is 4.57. The van der Waals surface area contributed by atoms with Crippen LogP contribution in [-0.4, -0.2) is 38.8 Å². The van der Waals surface area contributed by atoms with Gasteiger partial charge in [0.1, 0.15) is 11.6 Å². The highest BCUT2D eigenvalue weighted by atomic mass is 16.5. The fourth-order valence-electron chi connectivity index (χ4n) is 2.90. The summed E-state index contributed by atoms with van der Waals surface area (Å²) < 4.78 is 7.34. The minimum atomic E-state index is -0.270. The van der Waals surface area contributed by atoms with Gasteiger partial charge < -0.3 is 19.7 Å². The van der Waals surface area contributed by atoms with Gasteiger partial charge >= 0.3 is 0 Å². The van der Waals surface area contributed by atoms with Crippen molar-refractivity contribution >= 4 is 5.91 Å². The normalized spacial score (nSPS) is 16.9. The highest BCUT2D eigenvalue weighted by molar-refractivity contribution is 5.94. The molecule has 1 saturated heterocycles. The average molecular weight is 316 g/mol. The van der Waals surface area contributed by atoms with E-state index in [1.165, 1.54) is 18.5 Å². The lowest BCUT2D eigenvalue weighted by Gasteiger charge is -2.30. The summed E-state index contributed by atoms with van der Waals surface area (Å²) in [5.74, 6) is 0.780. The Balaban J connectivity index is 1.83. The van der Waals surface area contributed by atoms with Crippen molar-refractivity contribution in [3.8, 4) is 5.75 Å². The fourth-order valence-corrected chi connectivity index (χ4v) is 2.90. The van der Waals surface area contributed by atoms with Crippen LogP contribution in [0.15, 0.2) is 30.9 Å². The zero-order valence-electron chi connectivity index (χ0n) is 13.0. The van der Waals surface area contributed by atoms with E-state index in [0.717, 1.165) is 18.7 Å². The molecular weight excluding hydrogens is 296 g/mol. The third-order valence-electron chi connectivity index (χ3n) is 4.15. The molecule has 0 radical (unpaired) electrons. The molecule has 0 spiro atoms. The summed E-state index contributed by atoms with van der Waals surface area (Å²) in [4.78, 5) is 20.8. The number of hydrogen-bond donors (Lipinski definition) is 2. The zero-order chi connectivity index (χ0) is 16.2. The third kappa shape index (κ3) is 3.50. The first-order valence-corrected chi connectivity index (χ1v) is 7.65. The van der Waals surface area contributed by atoms with E-state index >= 15 is 0 Å². The molecule has 2 aromatic heterocycles. The number of hydrogen-bond acceptors (Lipinski definition) is 5. The van der Waals surface area contributed by atoms with Crippen LogP contribution in [0.4, 0.5) is 0 Å². The molecule has 2 aromatic rings. The minimum absolute atomic E-state index is 0.0303. The van der Waals surface area contributed by atoms with Gasteiger partial charge in [0.05, 0.1) is 17.8 Å². The van der Waals surface area contributed by atoms with Gasteiger partial charge in [-0.1, -0.05) is 0 Å². The van der Waals surface area contributed by atoms with Gasteiger partial charge in [0.15, 0.2) is 0 Å². The number of carbonyl (C=O) groups is 1. The molecule has 0 unspecified atom stereocenters. The topological polar surface area (TPSA) is 89.3 Å². The van der Waals surface area contributed by atoms with Crippen LogP contribution in [0.25, 0.3) is 0 Å². The smallest absolute Gasteiger partial charge is 0.253 e. The van der Waals surface area contributed by atoms with E-state index in [1.807, 2.05) is 17.8 Å². The third-order valence-corrected chi connectivity index (χ3v) is 4.15. The number of aromatic nitrogens is 3. The van der Waals surface area contributed by atoms with Crippen molar-refractivity contribution in [3.05, 3.63) is 42.2 Å². The lowest BCUT2D eigenvalue weighted by molar-refractivity contribution is 0.0499. The van der Waals surface area contributed by atoms with Crippen molar-refractivity contribution in [1.82, 2.24) is 19.9 Å². The number of nitrogens with one attached hydrogen (secondary N) is 1. The molecule has 7 nitrogen and oxygen atoms in total. The van der Waals surface area contributed by atoms with Gasteiger partial charge in [0.2, 0.25) is 0 Å². The standard InChI is InChI=1S/C16H20N4O3/c1-20-5-4-18-15(20)14(11-2-6-23-7-3-11)19-16(22)12-8-13(21)10-17-9-12/h4-5,8-11,14,21H,2-3,6-7H2,1H3,(H,19,22)/t14-/m1/s1. The predicted molar refractivity (Wildman–Crippen MR) is 82.9 cm³/mol. The molecule has 1 fully saturated rings. The van der Waals surface area contributed by atoms with Crippen LogP contribution >= 0.6 is 0 Å². The van der Waals surface area contributed by atoms with E-state index < -0.39 is 0 Å². The molecule has 3 heterocycles. The number of amides is 1. The Morgan fingerprint density at radius 3 is 2.87 bits per heavy atom. The zero-order valence-corrected chi connectivity index (χ0v) is 13.0. The number of carbonyl (C=O) groups excluding carboxylic acids is 1. The summed E-state index contributed by atoms with van der Waals surface area (Å²) in [6.45, 7) is 1.38. The predicted octanol–water partition coefficient (Wildman–Crippen LogP) is 1.42. The minimum Gasteiger partial charge on any atom is -0.506 e. The Hall–Kier alpha value is -2.41. The van der Waals surface area contributed by atoms with Crippen LogP contribution in [0.3, 0.4) is 0 Å². The largest absolute Gasteiger partial charge is 0.506 e. The van der Waals surface area contributed by atoms with Gasteiger partial charge in [-0.3, -0.25) is 9.78 Å². The van der Waals surface area contributed by atoms with Gasteiger partial charge in [0, 0.05) is 38.9 Å². The van der Waals surface area contributed by atoms with Crippen molar-refractivity contribution in [3.63, 3.8) is 0 Å². The lowest BCUT2D eigenvalue weighted by Crippen LogP contribution is -2.37. The van der Waals surface area contributed by atoms with Crippen molar-refractivity contribution in [2.24, 2.45) is 13.0 Å². The molecule has 0 bridgehead atoms. The highest BCUT2D eigenvalue weighted by Crippen LogP contribution is 2.29. The van der Waals surface area contributed by atoms with Crippen LogP contribution in [0, 0.1) is 5.92 Å². The van der Waals surface area contributed by atoms with E-state index in [1.54, 1.807) is 6.20 Å². The average Bonchev–Trinajstić information content (AvgIpc) is 2.99. The summed E-state index contributed by atoms with van der Waals surface area (Å²) in [6, 6.07) is 1.20. The molecule has 2 N–H and O–H groups in total. The number of rotatable bonds is 4. The maximum Gasteiger partial charge on any atom is 0.253 e. The maximum absolute atomic E-state index is 12.5. The van der Waals surface area contributed by atoms with Crippen LogP contribution in [-0.2, 0) is 11.8 Å². The molecular formula is C16H20N4O3. The summed E-state index contributed by atoms with van der Waals surface area (Å²) in [5.41, 5.74) is 0.330. The van der Waals surface area contributed by atoms with E-state index in [0.29, 0.717) is 18.8 Å². The Morgan fingerprint density at radius 2 is 2.22 bits per heavy atom. The molecule has 7 heteroatoms. The lowest BCUT2D eigenvalue weighted by atomic mass is 9.91. The summed E-state index contributed by atoms with van der Waals surface area (Å²) >= 11 is 0.